The van der Waals surface area contributed by atoms with E-state index in [4.69, 9.17) is 4.74 Å². The normalized spacial score (nSPS) is 16.0. The van der Waals surface area contributed by atoms with Crippen LogP contribution in [0, 0.1) is 13.8 Å². The number of fused-ring (bicyclic) bond motifs is 1. The van der Waals surface area contributed by atoms with Gasteiger partial charge in [-0.2, -0.15) is 0 Å². The van der Waals surface area contributed by atoms with Crippen LogP contribution < -0.4 is 10.3 Å². The van der Waals surface area contributed by atoms with Gasteiger partial charge in [0.2, 0.25) is 0 Å². The summed E-state index contributed by atoms with van der Waals surface area (Å²) in [5.41, 5.74) is 4.72. The number of rotatable bonds is 6. The third-order valence-corrected chi connectivity index (χ3v) is 6.83. The van der Waals surface area contributed by atoms with E-state index in [2.05, 4.69) is 50.3 Å². The van der Waals surface area contributed by atoms with Gasteiger partial charge >= 0.3 is 0 Å². The highest BCUT2D eigenvalue weighted by Crippen LogP contribution is 2.29. The van der Waals surface area contributed by atoms with Crippen molar-refractivity contribution in [3.05, 3.63) is 80.9 Å². The third kappa shape index (κ3) is 4.69. The molecule has 0 amide bonds. The van der Waals surface area contributed by atoms with Gasteiger partial charge in [0.05, 0.1) is 13.7 Å². The fraction of sp³-hybridized carbons (Fsp3) is 0.385. The largest absolute Gasteiger partial charge is 0.497 e. The molecule has 1 atom stereocenters. The Morgan fingerprint density at radius 3 is 2.51 bits per heavy atom. The Bertz CT molecular complexity index is 1390. The van der Waals surface area contributed by atoms with E-state index in [0.29, 0.717) is 17.9 Å². The molecule has 9 nitrogen and oxygen atoms in total. The minimum Gasteiger partial charge on any atom is -0.497 e. The van der Waals surface area contributed by atoms with E-state index in [0.717, 1.165) is 59.5 Å². The van der Waals surface area contributed by atoms with Crippen LogP contribution in [0.2, 0.25) is 0 Å². The van der Waals surface area contributed by atoms with Crippen molar-refractivity contribution in [1.82, 2.24) is 35.0 Å². The zero-order chi connectivity index (χ0) is 24.5. The molecule has 2 aromatic heterocycles. The summed E-state index contributed by atoms with van der Waals surface area (Å²) in [5, 5.41) is 13.8. The molecule has 0 spiro atoms. The van der Waals surface area contributed by atoms with Crippen molar-refractivity contribution in [3.8, 4) is 5.75 Å². The molecule has 9 heteroatoms. The molecule has 0 unspecified atom stereocenters. The SMILES string of the molecule is COc1ccc(Cn2nnnc2[C@H](c2cc3c(C)cc(C)cc3[nH]c2=O)N2CCN(C)CC2)cc1. The van der Waals surface area contributed by atoms with Gasteiger partial charge in [-0.1, -0.05) is 18.2 Å². The molecule has 0 bridgehead atoms. The number of ether oxygens (including phenoxy) is 1. The maximum atomic E-state index is 13.5. The predicted octanol–water partition coefficient (Wildman–Crippen LogP) is 2.53. The molecule has 1 saturated heterocycles. The van der Waals surface area contributed by atoms with Gasteiger partial charge in [0.15, 0.2) is 5.82 Å². The van der Waals surface area contributed by atoms with E-state index < -0.39 is 0 Å². The molecule has 5 rings (SSSR count). The second-order valence-electron chi connectivity index (χ2n) is 9.38. The Morgan fingerprint density at radius 2 is 1.80 bits per heavy atom. The van der Waals surface area contributed by atoms with Gasteiger partial charge in [0.25, 0.3) is 5.56 Å². The number of nitrogens with one attached hydrogen (secondary N) is 1. The van der Waals surface area contributed by atoms with Crippen LogP contribution in [0.15, 0.2) is 47.3 Å². The first-order valence-corrected chi connectivity index (χ1v) is 11.9. The van der Waals surface area contributed by atoms with Crippen molar-refractivity contribution in [2.45, 2.75) is 26.4 Å². The van der Waals surface area contributed by atoms with Crippen molar-refractivity contribution in [3.63, 3.8) is 0 Å². The summed E-state index contributed by atoms with van der Waals surface area (Å²) in [6, 6.07) is 13.7. The lowest BCUT2D eigenvalue weighted by Crippen LogP contribution is -2.47. The van der Waals surface area contributed by atoms with Crippen molar-refractivity contribution in [2.75, 3.05) is 40.3 Å². The van der Waals surface area contributed by atoms with Crippen LogP contribution >= 0.6 is 0 Å². The lowest BCUT2D eigenvalue weighted by atomic mass is 9.99. The van der Waals surface area contributed by atoms with Crippen molar-refractivity contribution in [2.24, 2.45) is 0 Å². The molecule has 1 aliphatic rings. The number of H-pyrrole nitrogens is 1. The monoisotopic (exact) mass is 473 g/mol. The quantitative estimate of drug-likeness (QED) is 0.460. The highest BCUT2D eigenvalue weighted by molar-refractivity contribution is 5.83. The van der Waals surface area contributed by atoms with Crippen LogP contribution in [0.1, 0.15) is 34.1 Å². The number of aromatic nitrogens is 5. The zero-order valence-corrected chi connectivity index (χ0v) is 20.7. The number of likely N-dealkylation sites (N-methyl/N-ethyl adjacent to an activating group) is 1. The Labute approximate surface area is 204 Å². The van der Waals surface area contributed by atoms with Crippen LogP contribution in [0.3, 0.4) is 0 Å². The Hall–Kier alpha value is -3.56. The topological polar surface area (TPSA) is 92.2 Å². The van der Waals surface area contributed by atoms with E-state index >= 15 is 0 Å². The molecule has 35 heavy (non-hydrogen) atoms. The number of hydrogen-bond donors (Lipinski definition) is 1. The number of aromatic amines is 1. The Morgan fingerprint density at radius 1 is 1.06 bits per heavy atom. The first-order valence-electron chi connectivity index (χ1n) is 11.9. The number of pyridine rings is 1. The van der Waals surface area contributed by atoms with Crippen LogP contribution in [0.4, 0.5) is 0 Å². The standard InChI is InChI=1S/C26H31N7O2/c1-17-13-18(2)21-15-22(26(34)27-23(21)14-17)24(32-11-9-31(3)10-12-32)25-28-29-30-33(25)16-19-5-7-20(35-4)8-6-19/h5-8,13-15,24H,9-12,16H2,1-4H3,(H,27,34)/t24-/m0/s1. The summed E-state index contributed by atoms with van der Waals surface area (Å²) < 4.78 is 7.08. The van der Waals surface area contributed by atoms with Crippen LogP contribution in [0.25, 0.3) is 10.9 Å². The lowest BCUT2D eigenvalue weighted by molar-refractivity contribution is 0.121. The fourth-order valence-corrected chi connectivity index (χ4v) is 4.90. The minimum atomic E-state index is -0.356. The molecular formula is C26H31N7O2. The summed E-state index contributed by atoms with van der Waals surface area (Å²) in [6.07, 6.45) is 0. The minimum absolute atomic E-state index is 0.106. The summed E-state index contributed by atoms with van der Waals surface area (Å²) in [7, 11) is 3.77. The molecule has 0 radical (unpaired) electrons. The van der Waals surface area contributed by atoms with E-state index in [1.807, 2.05) is 43.3 Å². The first kappa shape index (κ1) is 23.2. The highest BCUT2D eigenvalue weighted by atomic mass is 16.5. The summed E-state index contributed by atoms with van der Waals surface area (Å²) in [4.78, 5) is 21.2. The van der Waals surface area contributed by atoms with Crippen LogP contribution in [-0.4, -0.2) is 75.3 Å². The molecule has 4 aromatic rings. The molecule has 182 valence electrons. The number of piperazine rings is 1. The average molecular weight is 474 g/mol. The van der Waals surface area contributed by atoms with Gasteiger partial charge in [0, 0.05) is 42.6 Å². The van der Waals surface area contributed by atoms with Gasteiger partial charge in [0.1, 0.15) is 11.8 Å². The fourth-order valence-electron chi connectivity index (χ4n) is 4.90. The lowest BCUT2D eigenvalue weighted by Gasteiger charge is -2.37. The summed E-state index contributed by atoms with van der Waals surface area (Å²) >= 11 is 0. The maximum absolute atomic E-state index is 13.5. The first-order chi connectivity index (χ1) is 16.9. The molecule has 2 aromatic carbocycles. The number of aryl methyl sites for hydroxylation is 2. The number of hydrogen-bond acceptors (Lipinski definition) is 7. The Kier molecular flexibility index (Phi) is 6.36. The third-order valence-electron chi connectivity index (χ3n) is 6.83. The van der Waals surface area contributed by atoms with Crippen molar-refractivity contribution in [1.29, 1.82) is 0 Å². The van der Waals surface area contributed by atoms with E-state index in [1.165, 1.54) is 0 Å². The van der Waals surface area contributed by atoms with Crippen LogP contribution in [-0.2, 0) is 6.54 Å². The number of nitrogens with zero attached hydrogens (tertiary/aromatic N) is 6. The number of methoxy groups -OCH3 is 1. The van der Waals surface area contributed by atoms with Gasteiger partial charge in [-0.3, -0.25) is 9.69 Å². The zero-order valence-electron chi connectivity index (χ0n) is 20.7. The van der Waals surface area contributed by atoms with Crippen molar-refractivity contribution >= 4 is 10.9 Å². The molecule has 1 aliphatic heterocycles. The summed E-state index contributed by atoms with van der Waals surface area (Å²) in [5.74, 6) is 1.47. The second-order valence-corrected chi connectivity index (χ2v) is 9.38. The van der Waals surface area contributed by atoms with Gasteiger partial charge in [-0.05, 0) is 72.3 Å². The molecule has 1 N–H and O–H groups in total. The average Bonchev–Trinajstić information content (AvgIpc) is 3.29. The molecule has 1 fully saturated rings. The van der Waals surface area contributed by atoms with E-state index in [9.17, 15) is 4.79 Å². The molecule has 0 saturated carbocycles. The molecule has 0 aliphatic carbocycles. The predicted molar refractivity (Wildman–Crippen MR) is 135 cm³/mol. The van der Waals surface area contributed by atoms with E-state index in [-0.39, 0.29) is 11.6 Å². The van der Waals surface area contributed by atoms with E-state index in [1.54, 1.807) is 11.8 Å². The Balaban J connectivity index is 1.60. The highest BCUT2D eigenvalue weighted by Gasteiger charge is 2.32. The summed E-state index contributed by atoms with van der Waals surface area (Å²) in [6.45, 7) is 8.09. The van der Waals surface area contributed by atoms with Crippen molar-refractivity contribution < 1.29 is 4.74 Å². The second kappa shape index (κ2) is 9.59. The van der Waals surface area contributed by atoms with Gasteiger partial charge in [-0.25, -0.2) is 4.68 Å². The maximum Gasteiger partial charge on any atom is 0.253 e. The number of benzene rings is 2. The number of tetrazole rings is 1. The molecular weight excluding hydrogens is 442 g/mol. The molecule has 3 heterocycles. The smallest absolute Gasteiger partial charge is 0.253 e. The van der Waals surface area contributed by atoms with Gasteiger partial charge in [-0.15, -0.1) is 5.10 Å². The van der Waals surface area contributed by atoms with Crippen LogP contribution in [0.5, 0.6) is 5.75 Å². The van der Waals surface area contributed by atoms with Gasteiger partial charge < -0.3 is 14.6 Å².